The first kappa shape index (κ1) is 12.7. The minimum atomic E-state index is -0.275. The van der Waals surface area contributed by atoms with E-state index in [4.69, 9.17) is 5.73 Å². The van der Waals surface area contributed by atoms with Gasteiger partial charge in [0.2, 0.25) is 0 Å². The molecule has 0 aliphatic carbocycles. The smallest absolute Gasteiger partial charge is 0.0745 e. The van der Waals surface area contributed by atoms with Crippen LogP contribution in [-0.2, 0) is 0 Å². The van der Waals surface area contributed by atoms with Crippen molar-refractivity contribution in [2.75, 3.05) is 23.7 Å². The van der Waals surface area contributed by atoms with Crippen molar-refractivity contribution in [2.24, 2.45) is 0 Å². The van der Waals surface area contributed by atoms with Crippen molar-refractivity contribution >= 4 is 38.2 Å². The Labute approximate surface area is 120 Å². The average molecular weight is 322 g/mol. The van der Waals surface area contributed by atoms with E-state index in [0.29, 0.717) is 12.2 Å². The van der Waals surface area contributed by atoms with Crippen LogP contribution in [0, 0.1) is 0 Å². The van der Waals surface area contributed by atoms with E-state index < -0.39 is 0 Å². The summed E-state index contributed by atoms with van der Waals surface area (Å²) in [5, 5.41) is 10.9. The summed E-state index contributed by atoms with van der Waals surface area (Å²) in [6.45, 7) is 1.56. The van der Waals surface area contributed by atoms with E-state index in [0.717, 1.165) is 40.4 Å². The van der Waals surface area contributed by atoms with Crippen molar-refractivity contribution in [3.8, 4) is 0 Å². The third-order valence-corrected chi connectivity index (χ3v) is 4.04. The fraction of sp³-hybridized carbons (Fsp3) is 0.357. The second kappa shape index (κ2) is 4.98. The van der Waals surface area contributed by atoms with E-state index >= 15 is 0 Å². The highest BCUT2D eigenvalue weighted by Crippen LogP contribution is 2.34. The lowest BCUT2D eigenvalue weighted by molar-refractivity contribution is 0.154. The van der Waals surface area contributed by atoms with Crippen molar-refractivity contribution in [3.63, 3.8) is 0 Å². The van der Waals surface area contributed by atoms with Gasteiger partial charge in [0.15, 0.2) is 0 Å². The number of hydrogen-bond acceptors (Lipinski definition) is 4. The molecular weight excluding hydrogens is 306 g/mol. The zero-order valence-corrected chi connectivity index (χ0v) is 12.1. The quantitative estimate of drug-likeness (QED) is 0.847. The average Bonchev–Trinajstić information content (AvgIpc) is 2.38. The van der Waals surface area contributed by atoms with Gasteiger partial charge >= 0.3 is 0 Å². The predicted molar refractivity (Wildman–Crippen MR) is 81.3 cm³/mol. The number of halogens is 1. The lowest BCUT2D eigenvalue weighted by Crippen LogP contribution is -2.38. The highest BCUT2D eigenvalue weighted by Gasteiger charge is 2.21. The molecule has 5 heteroatoms. The maximum Gasteiger partial charge on any atom is 0.0745 e. The number of fused-ring (bicyclic) bond motifs is 1. The fourth-order valence-electron chi connectivity index (χ4n) is 2.68. The van der Waals surface area contributed by atoms with Gasteiger partial charge in [0.05, 0.1) is 29.2 Å². The second-order valence-corrected chi connectivity index (χ2v) is 5.88. The number of anilines is 2. The first-order valence-corrected chi connectivity index (χ1v) is 7.21. The van der Waals surface area contributed by atoms with Gasteiger partial charge in [-0.2, -0.15) is 0 Å². The Morgan fingerprint density at radius 2 is 2.26 bits per heavy atom. The summed E-state index contributed by atoms with van der Waals surface area (Å²) in [6, 6.07) is 5.98. The molecule has 1 aromatic heterocycles. The summed E-state index contributed by atoms with van der Waals surface area (Å²) < 4.78 is 1.01. The molecule has 1 fully saturated rings. The van der Waals surface area contributed by atoms with E-state index in [2.05, 4.69) is 25.8 Å². The SMILES string of the molecule is Nc1cnc2ccc(Br)cc2c1N1CCCC(O)C1. The number of nitrogens with zero attached hydrogens (tertiary/aromatic N) is 2. The van der Waals surface area contributed by atoms with Gasteiger partial charge in [0.25, 0.3) is 0 Å². The number of aromatic nitrogens is 1. The molecule has 1 aromatic carbocycles. The highest BCUT2D eigenvalue weighted by atomic mass is 79.9. The molecule has 3 rings (SSSR count). The molecule has 0 amide bonds. The van der Waals surface area contributed by atoms with Gasteiger partial charge in [-0.05, 0) is 31.0 Å². The molecule has 19 heavy (non-hydrogen) atoms. The number of aliphatic hydroxyl groups is 1. The first-order valence-electron chi connectivity index (χ1n) is 6.42. The number of benzene rings is 1. The molecule has 2 heterocycles. The van der Waals surface area contributed by atoms with Gasteiger partial charge in [-0.3, -0.25) is 4.98 Å². The van der Waals surface area contributed by atoms with E-state index in [9.17, 15) is 5.11 Å². The van der Waals surface area contributed by atoms with E-state index in [1.807, 2.05) is 18.2 Å². The van der Waals surface area contributed by atoms with Gasteiger partial charge in [0.1, 0.15) is 0 Å². The van der Waals surface area contributed by atoms with Crippen molar-refractivity contribution in [2.45, 2.75) is 18.9 Å². The summed E-state index contributed by atoms with van der Waals surface area (Å²) in [4.78, 5) is 6.53. The van der Waals surface area contributed by atoms with Gasteiger partial charge < -0.3 is 15.7 Å². The van der Waals surface area contributed by atoms with Crippen molar-refractivity contribution in [1.82, 2.24) is 4.98 Å². The molecule has 1 atom stereocenters. The monoisotopic (exact) mass is 321 g/mol. The van der Waals surface area contributed by atoms with E-state index in [1.165, 1.54) is 0 Å². The van der Waals surface area contributed by atoms with Crippen LogP contribution < -0.4 is 10.6 Å². The Morgan fingerprint density at radius 1 is 1.42 bits per heavy atom. The topological polar surface area (TPSA) is 62.4 Å². The molecule has 1 saturated heterocycles. The van der Waals surface area contributed by atoms with Gasteiger partial charge in [-0.1, -0.05) is 15.9 Å². The molecule has 1 unspecified atom stereocenters. The second-order valence-electron chi connectivity index (χ2n) is 4.97. The zero-order valence-electron chi connectivity index (χ0n) is 10.5. The molecule has 100 valence electrons. The Bertz CT molecular complexity index is 612. The molecule has 4 nitrogen and oxygen atoms in total. The molecule has 1 aliphatic heterocycles. The van der Waals surface area contributed by atoms with Crippen molar-refractivity contribution in [1.29, 1.82) is 0 Å². The first-order chi connectivity index (χ1) is 9.15. The zero-order chi connectivity index (χ0) is 13.4. The lowest BCUT2D eigenvalue weighted by atomic mass is 10.1. The van der Waals surface area contributed by atoms with Gasteiger partial charge in [0, 0.05) is 22.9 Å². The van der Waals surface area contributed by atoms with Crippen LogP contribution >= 0.6 is 15.9 Å². The number of nitrogen functional groups attached to an aromatic ring is 1. The highest BCUT2D eigenvalue weighted by molar-refractivity contribution is 9.10. The van der Waals surface area contributed by atoms with Gasteiger partial charge in [-0.15, -0.1) is 0 Å². The molecule has 1 aliphatic rings. The van der Waals surface area contributed by atoms with Crippen LogP contribution in [0.4, 0.5) is 11.4 Å². The Morgan fingerprint density at radius 3 is 3.05 bits per heavy atom. The number of β-amino-alcohol motifs (C(OH)–C–C–N with tert-alkyl or cyclic N) is 1. The minimum absolute atomic E-state index is 0.275. The maximum absolute atomic E-state index is 9.85. The van der Waals surface area contributed by atoms with Crippen LogP contribution in [0.1, 0.15) is 12.8 Å². The molecular formula is C14H16BrN3O. The lowest BCUT2D eigenvalue weighted by Gasteiger charge is -2.33. The summed E-state index contributed by atoms with van der Waals surface area (Å²) in [6.07, 6.45) is 3.28. The van der Waals surface area contributed by atoms with E-state index in [1.54, 1.807) is 6.20 Å². The number of nitrogens with two attached hydrogens (primary N) is 1. The van der Waals surface area contributed by atoms with Crippen molar-refractivity contribution < 1.29 is 5.11 Å². The minimum Gasteiger partial charge on any atom is -0.396 e. The van der Waals surface area contributed by atoms with Crippen LogP contribution in [-0.4, -0.2) is 29.3 Å². The van der Waals surface area contributed by atoms with Crippen LogP contribution in [0.25, 0.3) is 10.9 Å². The summed E-state index contributed by atoms with van der Waals surface area (Å²) >= 11 is 3.49. The molecule has 2 aromatic rings. The Kier molecular flexibility index (Phi) is 3.33. The number of aliphatic hydroxyl groups excluding tert-OH is 1. The van der Waals surface area contributed by atoms with Crippen LogP contribution in [0.3, 0.4) is 0 Å². The predicted octanol–water partition coefficient (Wildman–Crippen LogP) is 2.54. The van der Waals surface area contributed by atoms with E-state index in [-0.39, 0.29) is 6.10 Å². The van der Waals surface area contributed by atoms with Gasteiger partial charge in [-0.25, -0.2) is 0 Å². The van der Waals surface area contributed by atoms with Crippen molar-refractivity contribution in [3.05, 3.63) is 28.9 Å². The number of piperidine rings is 1. The molecule has 0 spiro atoms. The Balaban J connectivity index is 2.15. The molecule has 3 N–H and O–H groups in total. The fourth-order valence-corrected chi connectivity index (χ4v) is 3.04. The van der Waals surface area contributed by atoms with Crippen LogP contribution in [0.5, 0.6) is 0 Å². The maximum atomic E-state index is 9.85. The molecule has 0 bridgehead atoms. The third kappa shape index (κ3) is 2.40. The molecule has 0 saturated carbocycles. The Hall–Kier alpha value is -1.33. The third-order valence-electron chi connectivity index (χ3n) is 3.54. The summed E-state index contributed by atoms with van der Waals surface area (Å²) in [7, 11) is 0. The number of rotatable bonds is 1. The largest absolute Gasteiger partial charge is 0.396 e. The van der Waals surface area contributed by atoms with Crippen LogP contribution in [0.15, 0.2) is 28.9 Å². The van der Waals surface area contributed by atoms with Crippen LogP contribution in [0.2, 0.25) is 0 Å². The summed E-state index contributed by atoms with van der Waals surface area (Å²) in [5.74, 6) is 0. The number of hydrogen-bond donors (Lipinski definition) is 2. The standard InChI is InChI=1S/C14H16BrN3O/c15-9-3-4-13-11(6-9)14(12(16)7-17-13)18-5-1-2-10(19)8-18/h3-4,6-7,10,19H,1-2,5,8,16H2. The molecule has 0 radical (unpaired) electrons. The number of pyridine rings is 1. The summed E-state index contributed by atoms with van der Waals surface area (Å²) in [5.41, 5.74) is 8.69. The normalized spacial score (nSPS) is 19.9.